The normalized spacial score (nSPS) is 43.7. The van der Waals surface area contributed by atoms with E-state index in [4.69, 9.17) is 10.5 Å². The highest BCUT2D eigenvalue weighted by atomic mass is 16.5. The van der Waals surface area contributed by atoms with Crippen LogP contribution in [0.25, 0.3) is 0 Å². The molecule has 2 aliphatic heterocycles. The molecule has 4 saturated carbocycles. The van der Waals surface area contributed by atoms with Gasteiger partial charge in [0.05, 0.1) is 17.1 Å². The predicted octanol–water partition coefficient (Wildman–Crippen LogP) is 5.48. The van der Waals surface area contributed by atoms with Crippen LogP contribution in [-0.4, -0.2) is 40.6 Å². The van der Waals surface area contributed by atoms with Gasteiger partial charge in [0.2, 0.25) is 0 Å². The van der Waals surface area contributed by atoms with Crippen LogP contribution in [0.5, 0.6) is 5.75 Å². The molecule has 1 aromatic carbocycles. The van der Waals surface area contributed by atoms with Crippen LogP contribution in [0, 0.1) is 53.3 Å². The molecule has 2 heterocycles. The van der Waals surface area contributed by atoms with Crippen LogP contribution in [0.3, 0.4) is 0 Å². The van der Waals surface area contributed by atoms with Gasteiger partial charge >= 0.3 is 0 Å². The molecular formula is C36H52N2O3. The number of phenols is 1. The zero-order valence-electron chi connectivity index (χ0n) is 25.4. The van der Waals surface area contributed by atoms with Gasteiger partial charge in [-0.05, 0) is 118 Å². The maximum absolute atomic E-state index is 10.9. The Kier molecular flexibility index (Phi) is 7.26. The van der Waals surface area contributed by atoms with Crippen LogP contribution in [0.4, 0.5) is 0 Å². The molecule has 7 aliphatic rings. The van der Waals surface area contributed by atoms with E-state index in [1.54, 1.807) is 0 Å². The lowest BCUT2D eigenvalue weighted by Crippen LogP contribution is -2.84. The SMILES string of the molecule is CNCc1cc(O)cc2c1C[C@H]1CCC[C@H](C1)[C@]13C[C@H]4CC[C@@H](CO)[C@](N)(C1C#CC2)[C@H]4[C@](C)(C1CCCCC1)O3. The summed E-state index contributed by atoms with van der Waals surface area (Å²) in [6.07, 6.45) is 16.2. The molecule has 2 saturated heterocycles. The molecule has 5 nitrogen and oxygen atoms in total. The van der Waals surface area contributed by atoms with Gasteiger partial charge in [0.25, 0.3) is 0 Å². The Balaban J connectivity index is 1.39. The van der Waals surface area contributed by atoms with Gasteiger partial charge in [-0.25, -0.2) is 0 Å². The Labute approximate surface area is 247 Å². The van der Waals surface area contributed by atoms with Gasteiger partial charge in [0, 0.05) is 36.9 Å². The van der Waals surface area contributed by atoms with E-state index in [0.29, 0.717) is 35.8 Å². The molecule has 41 heavy (non-hydrogen) atoms. The van der Waals surface area contributed by atoms with E-state index in [0.717, 1.165) is 38.6 Å². The van der Waals surface area contributed by atoms with Crippen molar-refractivity contribution in [2.24, 2.45) is 47.2 Å². The average Bonchev–Trinajstić information content (AvgIpc) is 2.98. The molecule has 0 radical (unpaired) electrons. The monoisotopic (exact) mass is 560 g/mol. The number of hydrogen-bond acceptors (Lipinski definition) is 5. The van der Waals surface area contributed by atoms with Crippen LogP contribution >= 0.6 is 0 Å². The topological polar surface area (TPSA) is 87.7 Å². The van der Waals surface area contributed by atoms with Crippen molar-refractivity contribution in [1.82, 2.24) is 5.32 Å². The van der Waals surface area contributed by atoms with E-state index in [2.05, 4.69) is 24.1 Å². The summed E-state index contributed by atoms with van der Waals surface area (Å²) in [4.78, 5) is 0. The van der Waals surface area contributed by atoms with E-state index in [1.165, 1.54) is 68.1 Å². The molecule has 6 fully saturated rings. The van der Waals surface area contributed by atoms with Crippen molar-refractivity contribution in [2.75, 3.05) is 13.7 Å². The van der Waals surface area contributed by atoms with Gasteiger partial charge in [-0.2, -0.15) is 0 Å². The molecule has 1 aromatic rings. The van der Waals surface area contributed by atoms with Crippen molar-refractivity contribution in [3.05, 3.63) is 28.8 Å². The molecule has 1 unspecified atom stereocenters. The number of nitrogens with one attached hydrogen (secondary N) is 1. The van der Waals surface area contributed by atoms with Crippen LogP contribution in [0.2, 0.25) is 0 Å². The van der Waals surface area contributed by atoms with Crippen LogP contribution in [0.1, 0.15) is 101 Å². The van der Waals surface area contributed by atoms with E-state index >= 15 is 0 Å². The van der Waals surface area contributed by atoms with Gasteiger partial charge in [0.15, 0.2) is 0 Å². The minimum absolute atomic E-state index is 0.0650. The van der Waals surface area contributed by atoms with E-state index in [1.807, 2.05) is 19.2 Å². The summed E-state index contributed by atoms with van der Waals surface area (Å²) in [7, 11) is 1.98. The third-order valence-corrected chi connectivity index (χ3v) is 13.1. The lowest BCUT2D eigenvalue weighted by Gasteiger charge is -2.75. The van der Waals surface area contributed by atoms with Gasteiger partial charge in [-0.15, -0.1) is 0 Å². The Bertz CT molecular complexity index is 1220. The largest absolute Gasteiger partial charge is 0.508 e. The number of aromatic hydroxyl groups is 1. The van der Waals surface area contributed by atoms with Gasteiger partial charge < -0.3 is 26.0 Å². The summed E-state index contributed by atoms with van der Waals surface area (Å²) in [6, 6.07) is 3.90. The minimum atomic E-state index is -0.534. The highest BCUT2D eigenvalue weighted by Crippen LogP contribution is 2.69. The molecule has 9 atom stereocenters. The first-order valence-electron chi connectivity index (χ1n) is 16.9. The number of nitrogens with two attached hydrogens (primary N) is 1. The smallest absolute Gasteiger partial charge is 0.116 e. The van der Waals surface area contributed by atoms with Crippen LogP contribution in [0.15, 0.2) is 12.1 Å². The molecule has 8 rings (SSSR count). The maximum Gasteiger partial charge on any atom is 0.116 e. The number of aliphatic hydroxyl groups is 1. The van der Waals surface area contributed by atoms with Crippen molar-refractivity contribution >= 4 is 0 Å². The van der Waals surface area contributed by atoms with Crippen molar-refractivity contribution in [2.45, 2.75) is 120 Å². The average molecular weight is 561 g/mol. The number of aliphatic hydroxyl groups excluding tert-OH is 1. The number of rotatable bonds is 4. The van der Waals surface area contributed by atoms with Crippen LogP contribution < -0.4 is 11.1 Å². The number of fused-ring (bicyclic) bond motifs is 4. The molecule has 224 valence electrons. The zero-order valence-corrected chi connectivity index (χ0v) is 25.4. The van der Waals surface area contributed by atoms with Crippen LogP contribution in [-0.2, 0) is 24.1 Å². The summed E-state index contributed by atoms with van der Waals surface area (Å²) < 4.78 is 7.80. The van der Waals surface area contributed by atoms with Crippen molar-refractivity contribution < 1.29 is 14.9 Å². The highest BCUT2D eigenvalue weighted by Gasteiger charge is 2.75. The lowest BCUT2D eigenvalue weighted by atomic mass is 9.39. The molecule has 0 aromatic heterocycles. The Morgan fingerprint density at radius 2 is 1.85 bits per heavy atom. The van der Waals surface area contributed by atoms with Crippen molar-refractivity contribution in [3.8, 4) is 17.6 Å². The fourth-order valence-electron chi connectivity index (χ4n) is 11.6. The second-order valence-electron chi connectivity index (χ2n) is 15.1. The predicted molar refractivity (Wildman–Crippen MR) is 162 cm³/mol. The molecule has 0 amide bonds. The Hall–Kier alpha value is -1.58. The van der Waals surface area contributed by atoms with Crippen molar-refractivity contribution in [1.29, 1.82) is 0 Å². The molecule has 5 aliphatic carbocycles. The molecular weight excluding hydrogens is 508 g/mol. The fraction of sp³-hybridized carbons (Fsp3) is 0.778. The third kappa shape index (κ3) is 4.26. The van der Waals surface area contributed by atoms with E-state index in [9.17, 15) is 10.2 Å². The molecule has 1 spiro atoms. The van der Waals surface area contributed by atoms with Gasteiger partial charge in [0.1, 0.15) is 5.75 Å². The summed E-state index contributed by atoms with van der Waals surface area (Å²) in [6.45, 7) is 3.34. The minimum Gasteiger partial charge on any atom is -0.508 e. The van der Waals surface area contributed by atoms with E-state index < -0.39 is 5.54 Å². The zero-order chi connectivity index (χ0) is 28.4. The number of hydrogen-bond donors (Lipinski definition) is 4. The second-order valence-corrected chi connectivity index (χ2v) is 15.1. The molecule has 5 N–H and O–H groups in total. The van der Waals surface area contributed by atoms with Gasteiger partial charge in [-0.3, -0.25) is 0 Å². The molecule has 5 heteroatoms. The molecule has 6 bridgehead atoms. The lowest BCUT2D eigenvalue weighted by molar-refractivity contribution is -0.359. The van der Waals surface area contributed by atoms with E-state index in [-0.39, 0.29) is 35.6 Å². The summed E-state index contributed by atoms with van der Waals surface area (Å²) >= 11 is 0. The highest BCUT2D eigenvalue weighted by molar-refractivity contribution is 5.45. The van der Waals surface area contributed by atoms with Crippen molar-refractivity contribution in [3.63, 3.8) is 0 Å². The number of benzene rings is 1. The summed E-state index contributed by atoms with van der Waals surface area (Å²) in [5.74, 6) is 10.2. The quantitative estimate of drug-likeness (QED) is 0.367. The Morgan fingerprint density at radius 3 is 2.63 bits per heavy atom. The first-order chi connectivity index (χ1) is 19.8. The van der Waals surface area contributed by atoms with Gasteiger partial charge in [-0.1, -0.05) is 43.9 Å². The number of ether oxygens (including phenoxy) is 1. The maximum atomic E-state index is 10.9. The summed E-state index contributed by atoms with van der Waals surface area (Å²) in [5, 5.41) is 24.8. The first-order valence-corrected chi connectivity index (χ1v) is 16.9. The third-order valence-electron chi connectivity index (χ3n) is 13.1. The fourth-order valence-corrected chi connectivity index (χ4v) is 11.6. The number of phenolic OH excluding ortho intramolecular Hbond substituents is 1. The Morgan fingerprint density at radius 1 is 1.05 bits per heavy atom. The second kappa shape index (κ2) is 10.5. The first kappa shape index (κ1) is 28.2. The standard InChI is InChI=1S/C36H52N2O3/c1-34(27-10-4-3-5-11-27)33-25-14-15-29(22-39)36(33,37)32-13-7-9-24-18-30(40)19-26(21-38-2)31(24)17-23-8-6-12-28(16-23)35(32,20-25)41-34/h18-19,23,25,27-29,32-33,38-40H,3-6,8-12,14-17,20-22,37H2,1-2H3/t23-,25+,28+,29-,32?,33+,34-,35+,36-/m0/s1. The summed E-state index contributed by atoms with van der Waals surface area (Å²) in [5.41, 5.74) is 10.5.